The van der Waals surface area contributed by atoms with E-state index in [0.29, 0.717) is 4.47 Å². The number of amides is 1. The number of hydrogen-bond donors (Lipinski definition) is 2. The Morgan fingerprint density at radius 1 is 1.37 bits per heavy atom. The smallest absolute Gasteiger partial charge is 0.339 e. The van der Waals surface area contributed by atoms with Crippen LogP contribution in [0.15, 0.2) is 22.7 Å². The maximum Gasteiger partial charge on any atom is 0.339 e. The van der Waals surface area contributed by atoms with Gasteiger partial charge in [-0.1, -0.05) is 15.9 Å². The fourth-order valence-corrected chi connectivity index (χ4v) is 1.73. The van der Waals surface area contributed by atoms with E-state index in [2.05, 4.69) is 21.2 Å². The second kappa shape index (κ2) is 6.06. The highest BCUT2D eigenvalue weighted by atomic mass is 79.9. The average molecular weight is 330 g/mol. The molecule has 0 spiro atoms. The van der Waals surface area contributed by atoms with Crippen LogP contribution in [0.1, 0.15) is 31.1 Å². The Hall–Kier alpha value is -1.56. The van der Waals surface area contributed by atoms with Crippen LogP contribution in [0.4, 0.5) is 0 Å². The van der Waals surface area contributed by atoms with Gasteiger partial charge in [0.15, 0.2) is 6.61 Å². The minimum absolute atomic E-state index is 0.0201. The van der Waals surface area contributed by atoms with E-state index in [1.54, 1.807) is 6.07 Å². The Labute approximate surface area is 120 Å². The van der Waals surface area contributed by atoms with Crippen molar-refractivity contribution in [2.24, 2.45) is 0 Å². The van der Waals surface area contributed by atoms with E-state index in [0.717, 1.165) is 0 Å². The molecule has 1 aromatic rings. The van der Waals surface area contributed by atoms with Crippen molar-refractivity contribution in [3.05, 3.63) is 28.2 Å². The lowest BCUT2D eigenvalue weighted by atomic mass is 10.1. The van der Waals surface area contributed by atoms with Gasteiger partial charge in [-0.2, -0.15) is 0 Å². The van der Waals surface area contributed by atoms with Gasteiger partial charge in [0.25, 0.3) is 5.91 Å². The summed E-state index contributed by atoms with van der Waals surface area (Å²) in [5.41, 5.74) is -0.334. The average Bonchev–Trinajstić information content (AvgIpc) is 2.23. The number of carbonyl (C=O) groups is 2. The summed E-state index contributed by atoms with van der Waals surface area (Å²) in [7, 11) is 0. The van der Waals surface area contributed by atoms with Crippen LogP contribution in [0.3, 0.4) is 0 Å². The third kappa shape index (κ3) is 5.30. The summed E-state index contributed by atoms with van der Waals surface area (Å²) in [6.07, 6.45) is 0. The van der Waals surface area contributed by atoms with Gasteiger partial charge in [-0.25, -0.2) is 4.79 Å². The Morgan fingerprint density at radius 2 is 2.00 bits per heavy atom. The van der Waals surface area contributed by atoms with Gasteiger partial charge in [0.05, 0.1) is 0 Å². The van der Waals surface area contributed by atoms with E-state index in [1.807, 2.05) is 20.8 Å². The van der Waals surface area contributed by atoms with Crippen LogP contribution in [0.2, 0.25) is 0 Å². The molecular weight excluding hydrogens is 314 g/mol. The van der Waals surface area contributed by atoms with Crippen LogP contribution in [-0.2, 0) is 4.79 Å². The van der Waals surface area contributed by atoms with Crippen molar-refractivity contribution < 1.29 is 19.4 Å². The fourth-order valence-electron chi connectivity index (χ4n) is 1.39. The van der Waals surface area contributed by atoms with Crippen LogP contribution in [0.5, 0.6) is 5.75 Å². The summed E-state index contributed by atoms with van der Waals surface area (Å²) in [4.78, 5) is 22.6. The maximum absolute atomic E-state index is 11.6. The predicted molar refractivity (Wildman–Crippen MR) is 74.5 cm³/mol. The molecular formula is C13H16BrNO4. The van der Waals surface area contributed by atoms with Crippen LogP contribution in [0.25, 0.3) is 0 Å². The van der Waals surface area contributed by atoms with Crippen molar-refractivity contribution >= 4 is 27.8 Å². The molecule has 0 aromatic heterocycles. The van der Waals surface area contributed by atoms with Crippen molar-refractivity contribution in [3.8, 4) is 5.75 Å². The molecule has 0 aliphatic heterocycles. The molecule has 0 atom stereocenters. The molecule has 104 valence electrons. The zero-order valence-electron chi connectivity index (χ0n) is 11.0. The molecule has 1 aromatic carbocycles. The summed E-state index contributed by atoms with van der Waals surface area (Å²) in [6.45, 7) is 5.33. The Morgan fingerprint density at radius 3 is 2.53 bits per heavy atom. The molecule has 0 aliphatic rings. The molecule has 5 nitrogen and oxygen atoms in total. The van der Waals surface area contributed by atoms with Crippen molar-refractivity contribution in [2.45, 2.75) is 26.3 Å². The molecule has 1 rings (SSSR count). The molecule has 0 bridgehead atoms. The van der Waals surface area contributed by atoms with Crippen molar-refractivity contribution in [3.63, 3.8) is 0 Å². The molecule has 0 radical (unpaired) electrons. The number of benzene rings is 1. The number of ether oxygens (including phenoxy) is 1. The highest BCUT2D eigenvalue weighted by molar-refractivity contribution is 9.10. The first-order valence-corrected chi connectivity index (χ1v) is 6.45. The molecule has 19 heavy (non-hydrogen) atoms. The number of aromatic carboxylic acids is 1. The predicted octanol–water partition coefficient (Wildman–Crippen LogP) is 2.44. The molecule has 0 saturated carbocycles. The second-order valence-corrected chi connectivity index (χ2v) is 5.95. The number of hydrogen-bond acceptors (Lipinski definition) is 3. The lowest BCUT2D eigenvalue weighted by Gasteiger charge is -2.20. The largest absolute Gasteiger partial charge is 0.483 e. The van der Waals surface area contributed by atoms with E-state index in [1.165, 1.54) is 12.1 Å². The molecule has 0 unspecified atom stereocenters. The highest BCUT2D eigenvalue weighted by Gasteiger charge is 2.16. The SMILES string of the molecule is CC(C)(C)NC(=O)COc1cc(Br)ccc1C(=O)O. The van der Waals surface area contributed by atoms with Gasteiger partial charge in [-0.05, 0) is 39.0 Å². The number of carbonyl (C=O) groups excluding carboxylic acids is 1. The van der Waals surface area contributed by atoms with Gasteiger partial charge in [0.2, 0.25) is 0 Å². The lowest BCUT2D eigenvalue weighted by molar-refractivity contribution is -0.124. The topological polar surface area (TPSA) is 75.6 Å². The third-order valence-corrected chi connectivity index (χ3v) is 2.54. The molecule has 2 N–H and O–H groups in total. The first-order valence-electron chi connectivity index (χ1n) is 5.66. The molecule has 6 heteroatoms. The van der Waals surface area contributed by atoms with Crippen LogP contribution < -0.4 is 10.1 Å². The first kappa shape index (κ1) is 15.5. The van der Waals surface area contributed by atoms with Crippen LogP contribution in [-0.4, -0.2) is 29.1 Å². The minimum atomic E-state index is -1.10. The molecule has 0 saturated heterocycles. The minimum Gasteiger partial charge on any atom is -0.483 e. The maximum atomic E-state index is 11.6. The summed E-state index contributed by atoms with van der Waals surface area (Å²) < 4.78 is 5.95. The first-order chi connectivity index (χ1) is 8.69. The van der Waals surface area contributed by atoms with Gasteiger partial charge >= 0.3 is 5.97 Å². The van der Waals surface area contributed by atoms with Gasteiger partial charge in [0, 0.05) is 10.0 Å². The lowest BCUT2D eigenvalue weighted by Crippen LogP contribution is -2.43. The zero-order chi connectivity index (χ0) is 14.6. The number of halogens is 1. The molecule has 0 fully saturated rings. The zero-order valence-corrected chi connectivity index (χ0v) is 12.6. The number of carboxylic acid groups (broad SMARTS) is 1. The van der Waals surface area contributed by atoms with Gasteiger partial charge in [-0.3, -0.25) is 4.79 Å². The van der Waals surface area contributed by atoms with E-state index in [-0.39, 0.29) is 29.4 Å². The number of rotatable bonds is 4. The summed E-state index contributed by atoms with van der Waals surface area (Å²) in [5.74, 6) is -1.24. The quantitative estimate of drug-likeness (QED) is 0.889. The van der Waals surface area contributed by atoms with Crippen molar-refractivity contribution in [1.29, 1.82) is 0 Å². The molecule has 0 heterocycles. The van der Waals surface area contributed by atoms with Crippen molar-refractivity contribution in [1.82, 2.24) is 5.32 Å². The van der Waals surface area contributed by atoms with Gasteiger partial charge in [-0.15, -0.1) is 0 Å². The molecule has 0 aliphatic carbocycles. The second-order valence-electron chi connectivity index (χ2n) is 5.03. The fraction of sp³-hybridized carbons (Fsp3) is 0.385. The molecule has 1 amide bonds. The van der Waals surface area contributed by atoms with Crippen molar-refractivity contribution in [2.75, 3.05) is 6.61 Å². The standard InChI is InChI=1S/C13H16BrNO4/c1-13(2,3)15-11(16)7-19-10-6-8(14)4-5-9(10)12(17)18/h4-6H,7H2,1-3H3,(H,15,16)(H,17,18). The summed E-state index contributed by atoms with van der Waals surface area (Å²) >= 11 is 3.23. The third-order valence-electron chi connectivity index (χ3n) is 2.05. The monoisotopic (exact) mass is 329 g/mol. The Kier molecular flexibility index (Phi) is 4.94. The highest BCUT2D eigenvalue weighted by Crippen LogP contribution is 2.23. The number of nitrogens with one attached hydrogen (secondary N) is 1. The summed E-state index contributed by atoms with van der Waals surface area (Å²) in [5, 5.41) is 11.7. The van der Waals surface area contributed by atoms with E-state index in [9.17, 15) is 9.59 Å². The van der Waals surface area contributed by atoms with Gasteiger partial charge < -0.3 is 15.2 Å². The Bertz CT molecular complexity index is 494. The van der Waals surface area contributed by atoms with Gasteiger partial charge in [0.1, 0.15) is 11.3 Å². The van der Waals surface area contributed by atoms with Crippen LogP contribution in [0, 0.1) is 0 Å². The van der Waals surface area contributed by atoms with E-state index in [4.69, 9.17) is 9.84 Å². The van der Waals surface area contributed by atoms with E-state index >= 15 is 0 Å². The van der Waals surface area contributed by atoms with Crippen LogP contribution >= 0.6 is 15.9 Å². The number of carboxylic acids is 1. The van der Waals surface area contributed by atoms with E-state index < -0.39 is 5.97 Å². The summed E-state index contributed by atoms with van der Waals surface area (Å²) in [6, 6.07) is 4.54. The Balaban J connectivity index is 2.75. The normalized spacial score (nSPS) is 10.9.